The van der Waals surface area contributed by atoms with E-state index in [9.17, 15) is 0 Å². The Labute approximate surface area is 95.1 Å². The molecule has 2 rings (SSSR count). The molecule has 0 amide bonds. The van der Waals surface area contributed by atoms with Crippen LogP contribution in [-0.2, 0) is 0 Å². The zero-order valence-electron chi connectivity index (χ0n) is 9.23. The quantitative estimate of drug-likeness (QED) is 0.769. The number of nitrogens with two attached hydrogens (primary N) is 1. The summed E-state index contributed by atoms with van der Waals surface area (Å²) in [7, 11) is 1.93. The van der Waals surface area contributed by atoms with E-state index in [1.54, 1.807) is 12.2 Å². The zero-order chi connectivity index (χ0) is 11.7. The van der Waals surface area contributed by atoms with E-state index in [0.29, 0.717) is 11.4 Å². The van der Waals surface area contributed by atoms with Gasteiger partial charge in [0, 0.05) is 7.05 Å². The van der Waals surface area contributed by atoms with E-state index in [2.05, 4.69) is 13.2 Å². The number of anilines is 2. The van der Waals surface area contributed by atoms with E-state index in [0.717, 1.165) is 17.1 Å². The molecule has 1 aliphatic rings. The van der Waals surface area contributed by atoms with Crippen LogP contribution in [0.3, 0.4) is 0 Å². The Bertz CT molecular complexity index is 489. The molecule has 0 unspecified atom stereocenters. The summed E-state index contributed by atoms with van der Waals surface area (Å²) in [5.41, 5.74) is 8.34. The van der Waals surface area contributed by atoms with Crippen molar-refractivity contribution in [2.45, 2.75) is 0 Å². The molecule has 0 spiro atoms. The largest absolute Gasteiger partial charge is 0.453 e. The fourth-order valence-corrected chi connectivity index (χ4v) is 1.82. The number of likely N-dealkylation sites (N-methyl/N-ethyl adjacent to an activating group) is 1. The van der Waals surface area contributed by atoms with E-state index in [-0.39, 0.29) is 0 Å². The third kappa shape index (κ3) is 1.37. The lowest BCUT2D eigenvalue weighted by Crippen LogP contribution is -2.24. The Kier molecular flexibility index (Phi) is 2.44. The van der Waals surface area contributed by atoms with E-state index < -0.39 is 0 Å². The van der Waals surface area contributed by atoms with E-state index in [4.69, 9.17) is 10.5 Å². The molecule has 0 radical (unpaired) electrons. The number of rotatable bonds is 2. The Morgan fingerprint density at radius 2 is 2.06 bits per heavy atom. The summed E-state index contributed by atoms with van der Waals surface area (Å²) in [5.74, 6) is 1.43. The molecule has 0 saturated heterocycles. The van der Waals surface area contributed by atoms with Crippen molar-refractivity contribution in [2.24, 2.45) is 0 Å². The molecule has 0 fully saturated rings. The number of fused-ring (bicyclic) bond motifs is 1. The van der Waals surface area contributed by atoms with Crippen LogP contribution in [0.2, 0.25) is 0 Å². The van der Waals surface area contributed by atoms with Gasteiger partial charge in [0.25, 0.3) is 0 Å². The number of ether oxygens (including phenoxy) is 1. The second-order valence-corrected chi connectivity index (χ2v) is 3.51. The van der Waals surface area contributed by atoms with E-state index in [1.165, 1.54) is 0 Å². The van der Waals surface area contributed by atoms with Crippen LogP contribution in [0.25, 0.3) is 0 Å². The van der Waals surface area contributed by atoms with Gasteiger partial charge in [-0.1, -0.05) is 19.2 Å². The van der Waals surface area contributed by atoms with E-state index in [1.807, 2.05) is 30.1 Å². The first-order valence-corrected chi connectivity index (χ1v) is 4.98. The number of hydrogen-bond acceptors (Lipinski definition) is 3. The second-order valence-electron chi connectivity index (χ2n) is 3.51. The van der Waals surface area contributed by atoms with Crippen LogP contribution in [0.5, 0.6) is 5.75 Å². The first kappa shape index (κ1) is 10.4. The lowest BCUT2D eigenvalue weighted by Gasteiger charge is -2.30. The summed E-state index contributed by atoms with van der Waals surface area (Å²) < 4.78 is 5.70. The highest BCUT2D eigenvalue weighted by atomic mass is 16.5. The molecule has 0 bridgehead atoms. The molecular weight excluding hydrogens is 200 g/mol. The van der Waals surface area contributed by atoms with Crippen molar-refractivity contribution >= 4 is 11.4 Å². The first-order chi connectivity index (χ1) is 7.69. The summed E-state index contributed by atoms with van der Waals surface area (Å²) in [4.78, 5) is 1.96. The number of nitrogen functional groups attached to an aromatic ring is 1. The van der Waals surface area contributed by atoms with Gasteiger partial charge in [-0.2, -0.15) is 0 Å². The highest BCUT2D eigenvalue weighted by Gasteiger charge is 2.22. The second kappa shape index (κ2) is 3.77. The molecule has 82 valence electrons. The average Bonchev–Trinajstić information content (AvgIpc) is 2.28. The number of para-hydroxylation sites is 1. The Hall–Kier alpha value is -2.16. The third-order valence-corrected chi connectivity index (χ3v) is 2.58. The Balaban J connectivity index is 2.62. The van der Waals surface area contributed by atoms with Crippen LogP contribution >= 0.6 is 0 Å². The maximum absolute atomic E-state index is 5.93. The number of hydrogen-bond donors (Lipinski definition) is 1. The van der Waals surface area contributed by atoms with Gasteiger partial charge < -0.3 is 15.4 Å². The number of nitrogens with zero attached hydrogens (tertiary/aromatic N) is 1. The smallest absolute Gasteiger partial charge is 0.153 e. The van der Waals surface area contributed by atoms with Crippen LogP contribution in [0.4, 0.5) is 11.4 Å². The van der Waals surface area contributed by atoms with Crippen molar-refractivity contribution in [3.05, 3.63) is 55.0 Å². The topological polar surface area (TPSA) is 38.5 Å². The molecule has 3 nitrogen and oxygen atoms in total. The monoisotopic (exact) mass is 214 g/mol. The maximum atomic E-state index is 5.93. The van der Waals surface area contributed by atoms with Crippen molar-refractivity contribution < 1.29 is 4.74 Å². The average molecular weight is 214 g/mol. The molecule has 1 heterocycles. The van der Waals surface area contributed by atoms with Crippen LogP contribution in [0, 0.1) is 0 Å². The summed E-state index contributed by atoms with van der Waals surface area (Å²) in [6.45, 7) is 7.49. The molecule has 2 N–H and O–H groups in total. The molecule has 3 heteroatoms. The van der Waals surface area contributed by atoms with Crippen LogP contribution < -0.4 is 15.4 Å². The summed E-state index contributed by atoms with van der Waals surface area (Å²) in [6.07, 6.45) is 3.39. The van der Waals surface area contributed by atoms with Crippen molar-refractivity contribution in [3.63, 3.8) is 0 Å². The van der Waals surface area contributed by atoms with Gasteiger partial charge in [0.1, 0.15) is 5.69 Å². The van der Waals surface area contributed by atoms with Gasteiger partial charge in [0.2, 0.25) is 0 Å². The molecule has 1 aromatic carbocycles. The molecular formula is C13H14N2O. The molecule has 0 aliphatic carbocycles. The zero-order valence-corrected chi connectivity index (χ0v) is 9.23. The highest BCUT2D eigenvalue weighted by molar-refractivity contribution is 5.79. The number of allylic oxidation sites excluding steroid dienone is 2. The predicted molar refractivity (Wildman–Crippen MR) is 67.3 cm³/mol. The van der Waals surface area contributed by atoms with Gasteiger partial charge >= 0.3 is 0 Å². The van der Waals surface area contributed by atoms with Crippen LogP contribution in [0.1, 0.15) is 0 Å². The molecule has 1 aliphatic heterocycles. The van der Waals surface area contributed by atoms with Gasteiger partial charge in [-0.15, -0.1) is 0 Å². The molecule has 0 aromatic heterocycles. The van der Waals surface area contributed by atoms with Gasteiger partial charge in [0.05, 0.1) is 11.4 Å². The fraction of sp³-hybridized carbons (Fsp3) is 0.0769. The fourth-order valence-electron chi connectivity index (χ4n) is 1.82. The molecule has 0 atom stereocenters. The minimum atomic E-state index is 0.683. The molecule has 16 heavy (non-hydrogen) atoms. The van der Waals surface area contributed by atoms with Gasteiger partial charge in [-0.3, -0.25) is 0 Å². The minimum Gasteiger partial charge on any atom is -0.453 e. The van der Waals surface area contributed by atoms with Crippen molar-refractivity contribution in [2.75, 3.05) is 17.7 Å². The standard InChI is InChI=1S/C13H14N2O/c1-4-10-11(5-2)16-12-8-6-7-9(14)13(12)15(10)3/h4-8H,1-2,14H2,3H3. The lowest BCUT2D eigenvalue weighted by atomic mass is 10.1. The lowest BCUT2D eigenvalue weighted by molar-refractivity contribution is 0.430. The van der Waals surface area contributed by atoms with Gasteiger partial charge in [0.15, 0.2) is 11.5 Å². The maximum Gasteiger partial charge on any atom is 0.153 e. The van der Waals surface area contributed by atoms with Crippen molar-refractivity contribution in [1.82, 2.24) is 0 Å². The first-order valence-electron chi connectivity index (χ1n) is 4.98. The summed E-state index contributed by atoms with van der Waals surface area (Å²) >= 11 is 0. The Morgan fingerprint density at radius 3 is 2.69 bits per heavy atom. The molecule has 1 aromatic rings. The van der Waals surface area contributed by atoms with Crippen molar-refractivity contribution in [3.8, 4) is 5.75 Å². The summed E-state index contributed by atoms with van der Waals surface area (Å²) in [5, 5.41) is 0. The van der Waals surface area contributed by atoms with Crippen molar-refractivity contribution in [1.29, 1.82) is 0 Å². The highest BCUT2D eigenvalue weighted by Crippen LogP contribution is 2.40. The number of benzene rings is 1. The summed E-state index contributed by atoms with van der Waals surface area (Å²) in [6, 6.07) is 5.59. The minimum absolute atomic E-state index is 0.683. The van der Waals surface area contributed by atoms with Crippen LogP contribution in [0.15, 0.2) is 55.0 Å². The van der Waals surface area contributed by atoms with Gasteiger partial charge in [-0.05, 0) is 24.3 Å². The Morgan fingerprint density at radius 1 is 1.31 bits per heavy atom. The normalized spacial score (nSPS) is 14.2. The molecule has 0 saturated carbocycles. The van der Waals surface area contributed by atoms with E-state index >= 15 is 0 Å². The SMILES string of the molecule is C=CC1=C(C=C)N(C)c2c(N)cccc2O1. The van der Waals surface area contributed by atoms with Gasteiger partial charge in [-0.25, -0.2) is 0 Å². The van der Waals surface area contributed by atoms with Crippen LogP contribution in [-0.4, -0.2) is 7.05 Å². The third-order valence-electron chi connectivity index (χ3n) is 2.58. The predicted octanol–water partition coefficient (Wildman–Crippen LogP) is 2.68.